The maximum Gasteiger partial charge on any atom is 0.224 e. The van der Waals surface area contributed by atoms with Crippen molar-refractivity contribution in [3.05, 3.63) is 58.4 Å². The van der Waals surface area contributed by atoms with Crippen LogP contribution in [0.5, 0.6) is 11.6 Å². The molecule has 0 radical (unpaired) electrons. The number of ether oxygens (including phenoxy) is 1. The number of allylic oxidation sites excluding steroid dienone is 3. The van der Waals surface area contributed by atoms with Gasteiger partial charge in [-0.25, -0.2) is 4.98 Å². The molecule has 0 amide bonds. The van der Waals surface area contributed by atoms with Crippen LogP contribution in [0.4, 0.5) is 5.82 Å². The predicted molar refractivity (Wildman–Crippen MR) is 151 cm³/mol. The van der Waals surface area contributed by atoms with Gasteiger partial charge in [0, 0.05) is 30.4 Å². The normalized spacial score (nSPS) is 22.1. The van der Waals surface area contributed by atoms with Crippen molar-refractivity contribution in [3.63, 3.8) is 0 Å². The molecule has 0 aliphatic carbocycles. The van der Waals surface area contributed by atoms with E-state index in [0.717, 1.165) is 55.7 Å². The smallest absolute Gasteiger partial charge is 0.224 e. The van der Waals surface area contributed by atoms with E-state index in [1.54, 1.807) is 6.07 Å². The minimum Gasteiger partial charge on any atom is -0.438 e. The second-order valence-corrected chi connectivity index (χ2v) is 10.2. The summed E-state index contributed by atoms with van der Waals surface area (Å²) < 4.78 is 6.41. The summed E-state index contributed by atoms with van der Waals surface area (Å²) in [6.45, 7) is 9.49. The number of aromatic nitrogens is 2. The first-order valence-corrected chi connectivity index (χ1v) is 13.8. The first-order chi connectivity index (χ1) is 18.0. The van der Waals surface area contributed by atoms with Crippen molar-refractivity contribution in [2.45, 2.75) is 91.5 Å². The number of anilines is 1. The van der Waals surface area contributed by atoms with Gasteiger partial charge in [0.1, 0.15) is 17.4 Å². The van der Waals surface area contributed by atoms with Gasteiger partial charge in [-0.15, -0.1) is 0 Å². The fourth-order valence-electron chi connectivity index (χ4n) is 5.11. The average molecular weight is 498 g/mol. The van der Waals surface area contributed by atoms with Crippen molar-refractivity contribution >= 4 is 17.7 Å². The first kappa shape index (κ1) is 26.6. The van der Waals surface area contributed by atoms with Crippen molar-refractivity contribution in [2.24, 2.45) is 4.99 Å². The van der Waals surface area contributed by atoms with Crippen molar-refractivity contribution < 1.29 is 4.74 Å². The molecule has 6 heteroatoms. The lowest BCUT2D eigenvalue weighted by Gasteiger charge is -2.23. The monoisotopic (exact) mass is 497 g/mol. The number of hydrogen-bond acceptors (Lipinski definition) is 6. The maximum atomic E-state index is 9.59. The van der Waals surface area contributed by atoms with Gasteiger partial charge in [-0.3, -0.25) is 4.99 Å². The summed E-state index contributed by atoms with van der Waals surface area (Å²) in [5.74, 6) is 2.64. The third-order valence-corrected chi connectivity index (χ3v) is 7.24. The molecule has 1 saturated heterocycles. The average Bonchev–Trinajstić information content (AvgIpc) is 3.31. The molecule has 0 bridgehead atoms. The third kappa shape index (κ3) is 6.85. The minimum atomic E-state index is 0.445. The van der Waals surface area contributed by atoms with E-state index in [4.69, 9.17) is 9.73 Å². The lowest BCUT2D eigenvalue weighted by molar-refractivity contribution is 0.458. The minimum absolute atomic E-state index is 0.445. The Morgan fingerprint density at radius 1 is 1.14 bits per heavy atom. The highest BCUT2D eigenvalue weighted by molar-refractivity contribution is 5.87. The maximum absolute atomic E-state index is 9.59. The van der Waals surface area contributed by atoms with Crippen LogP contribution in [-0.2, 0) is 0 Å². The van der Waals surface area contributed by atoms with Gasteiger partial charge in [0.15, 0.2) is 0 Å². The van der Waals surface area contributed by atoms with Gasteiger partial charge in [0.2, 0.25) is 5.88 Å². The van der Waals surface area contributed by atoms with Crippen LogP contribution in [0.25, 0.3) is 5.70 Å². The molecule has 1 aromatic heterocycles. The second-order valence-electron chi connectivity index (χ2n) is 10.2. The highest BCUT2D eigenvalue weighted by Crippen LogP contribution is 2.36. The Kier molecular flexibility index (Phi) is 9.11. The van der Waals surface area contributed by atoms with E-state index in [-0.39, 0.29) is 0 Å². The van der Waals surface area contributed by atoms with Crippen LogP contribution >= 0.6 is 0 Å². The number of rotatable bonds is 9. The Labute approximate surface area is 221 Å². The highest BCUT2D eigenvalue weighted by atomic mass is 16.5. The molecule has 3 heterocycles. The highest BCUT2D eigenvalue weighted by Gasteiger charge is 2.23. The van der Waals surface area contributed by atoms with E-state index in [1.165, 1.54) is 36.8 Å². The standard InChI is InChI=1S/C31H39N5O/c1-5-6-7-8-13-25-14-9-11-22(2)31(33-21-25)27-16-15-26(20-32)18-28(27)37-30-19-29(34-24(4)35-30)36-17-10-12-23(36)3/h14-16,18-19,21,23H,5-13,17H2,1-4H3/b25-14-,31-22+,33-21-/t23-/m1/s1. The lowest BCUT2D eigenvalue weighted by atomic mass is 9.98. The number of aryl methyl sites for hydroxylation is 1. The zero-order valence-corrected chi connectivity index (χ0v) is 22.8. The van der Waals surface area contributed by atoms with E-state index < -0.39 is 0 Å². The molecular weight excluding hydrogens is 458 g/mol. The van der Waals surface area contributed by atoms with E-state index in [0.29, 0.717) is 29.1 Å². The largest absolute Gasteiger partial charge is 0.438 e. The third-order valence-electron chi connectivity index (χ3n) is 7.24. The van der Waals surface area contributed by atoms with Gasteiger partial charge in [0.05, 0.1) is 17.3 Å². The second kappa shape index (κ2) is 12.7. The molecule has 0 saturated carbocycles. The summed E-state index contributed by atoms with van der Waals surface area (Å²) in [7, 11) is 0. The predicted octanol–water partition coefficient (Wildman–Crippen LogP) is 7.93. The molecular formula is C31H39N5O. The molecule has 1 atom stereocenters. The van der Waals surface area contributed by atoms with Gasteiger partial charge in [0.25, 0.3) is 0 Å². The lowest BCUT2D eigenvalue weighted by Crippen LogP contribution is -2.27. The van der Waals surface area contributed by atoms with Crippen LogP contribution in [0.2, 0.25) is 0 Å². The molecule has 2 aromatic rings. The molecule has 2 aliphatic rings. The Morgan fingerprint density at radius 2 is 2.00 bits per heavy atom. The number of benzene rings is 1. The van der Waals surface area contributed by atoms with E-state index in [9.17, 15) is 5.26 Å². The molecule has 4 rings (SSSR count). The Balaban J connectivity index is 1.65. The van der Waals surface area contributed by atoms with E-state index >= 15 is 0 Å². The summed E-state index contributed by atoms with van der Waals surface area (Å²) >= 11 is 0. The molecule has 0 spiro atoms. The fraction of sp³-hybridized carbons (Fsp3) is 0.484. The van der Waals surface area contributed by atoms with E-state index in [1.807, 2.05) is 31.3 Å². The molecule has 2 aliphatic heterocycles. The Bertz CT molecular complexity index is 1240. The zero-order valence-electron chi connectivity index (χ0n) is 22.8. The van der Waals surface area contributed by atoms with Gasteiger partial charge < -0.3 is 9.64 Å². The zero-order chi connectivity index (χ0) is 26.2. The van der Waals surface area contributed by atoms with Crippen molar-refractivity contribution in [2.75, 3.05) is 11.4 Å². The molecule has 0 unspecified atom stereocenters. The van der Waals surface area contributed by atoms with Gasteiger partial charge in [-0.05, 0) is 88.6 Å². The van der Waals surface area contributed by atoms with Crippen molar-refractivity contribution in [1.82, 2.24) is 9.97 Å². The van der Waals surface area contributed by atoms with Crippen LogP contribution in [0.3, 0.4) is 0 Å². The van der Waals surface area contributed by atoms with Gasteiger partial charge in [-0.1, -0.05) is 32.3 Å². The molecule has 0 N–H and O–H groups in total. The quantitative estimate of drug-likeness (QED) is 0.329. The summed E-state index contributed by atoms with van der Waals surface area (Å²) in [6.07, 6.45) is 14.6. The van der Waals surface area contributed by atoms with Crippen molar-refractivity contribution in [1.29, 1.82) is 5.26 Å². The molecule has 6 nitrogen and oxygen atoms in total. The first-order valence-electron chi connectivity index (χ1n) is 13.8. The molecule has 37 heavy (non-hydrogen) atoms. The summed E-state index contributed by atoms with van der Waals surface area (Å²) in [5.41, 5.74) is 4.85. The number of unbranched alkanes of at least 4 members (excludes halogenated alkanes) is 3. The SMILES string of the molecule is CCCCCCC1=C/CC/C(C)=C(c2ccc(C#N)cc2Oc2cc(N3CCC[C@H]3C)nc(C)n2)/N=C\1. The number of nitriles is 1. The summed E-state index contributed by atoms with van der Waals surface area (Å²) in [5, 5.41) is 9.59. The number of aliphatic imine (C=N–C) groups is 1. The summed E-state index contributed by atoms with van der Waals surface area (Å²) in [4.78, 5) is 16.5. The van der Waals surface area contributed by atoms with Crippen LogP contribution < -0.4 is 9.64 Å². The molecule has 1 fully saturated rings. The van der Waals surface area contributed by atoms with E-state index in [2.05, 4.69) is 47.8 Å². The van der Waals surface area contributed by atoms with Crippen molar-refractivity contribution in [3.8, 4) is 17.7 Å². The van der Waals surface area contributed by atoms with Crippen LogP contribution in [-0.4, -0.2) is 28.8 Å². The van der Waals surface area contributed by atoms with Crippen LogP contribution in [0.1, 0.15) is 95.5 Å². The van der Waals surface area contributed by atoms with Crippen LogP contribution in [0.15, 0.2) is 46.5 Å². The summed E-state index contributed by atoms with van der Waals surface area (Å²) in [6, 6.07) is 10.2. The fourth-order valence-corrected chi connectivity index (χ4v) is 5.11. The Hall–Kier alpha value is -3.46. The Morgan fingerprint density at radius 3 is 2.76 bits per heavy atom. The molecule has 194 valence electrons. The van der Waals surface area contributed by atoms with Gasteiger partial charge in [-0.2, -0.15) is 10.2 Å². The number of nitrogens with zero attached hydrogens (tertiary/aromatic N) is 5. The topological polar surface area (TPSA) is 74.4 Å². The van der Waals surface area contributed by atoms with Gasteiger partial charge >= 0.3 is 0 Å². The van der Waals surface area contributed by atoms with Crippen LogP contribution in [0, 0.1) is 18.3 Å². The number of hydrogen-bond donors (Lipinski definition) is 0. The molecule has 1 aromatic carbocycles.